The number of carbonyl (C=O) groups is 1. The lowest BCUT2D eigenvalue weighted by Gasteiger charge is -2.33. The minimum absolute atomic E-state index is 0.0423. The van der Waals surface area contributed by atoms with Crippen LogP contribution in [0.5, 0.6) is 0 Å². The van der Waals surface area contributed by atoms with E-state index < -0.39 is 0 Å². The molecule has 6 nitrogen and oxygen atoms in total. The largest absolute Gasteiger partial charge is 0.335 e. The summed E-state index contributed by atoms with van der Waals surface area (Å²) in [4.78, 5) is 15.9. The van der Waals surface area contributed by atoms with Crippen molar-refractivity contribution in [1.82, 2.24) is 24.6 Å². The van der Waals surface area contributed by atoms with Crippen LogP contribution < -0.4 is 5.32 Å². The predicted octanol–water partition coefficient (Wildman–Crippen LogP) is 6.57. The minimum Gasteiger partial charge on any atom is -0.335 e. The summed E-state index contributed by atoms with van der Waals surface area (Å²) in [7, 11) is 0. The highest BCUT2D eigenvalue weighted by Crippen LogP contribution is 2.39. The van der Waals surface area contributed by atoms with Gasteiger partial charge in [0.2, 0.25) is 0 Å². The van der Waals surface area contributed by atoms with E-state index in [4.69, 9.17) is 16.7 Å². The first-order valence-electron chi connectivity index (χ1n) is 12.7. The molecule has 2 amide bonds. The number of nitrogens with one attached hydrogen (secondary N) is 1. The van der Waals surface area contributed by atoms with Crippen molar-refractivity contribution in [1.29, 1.82) is 0 Å². The summed E-state index contributed by atoms with van der Waals surface area (Å²) in [6, 6.07) is 22.0. The van der Waals surface area contributed by atoms with Crippen LogP contribution in [0.2, 0.25) is 5.02 Å². The molecule has 1 aliphatic heterocycles. The van der Waals surface area contributed by atoms with E-state index >= 15 is 0 Å². The van der Waals surface area contributed by atoms with Gasteiger partial charge in [-0.05, 0) is 61.7 Å². The number of benzene rings is 2. The van der Waals surface area contributed by atoms with E-state index in [0.29, 0.717) is 11.6 Å². The Labute approximate surface area is 216 Å². The molecule has 2 aromatic carbocycles. The van der Waals surface area contributed by atoms with E-state index in [1.807, 2.05) is 59.0 Å². The molecule has 7 heteroatoms. The molecule has 6 rings (SSSR count). The third-order valence-corrected chi connectivity index (χ3v) is 7.68. The van der Waals surface area contributed by atoms with Gasteiger partial charge in [-0.2, -0.15) is 5.10 Å². The number of amides is 2. The molecular formula is C29H30ClN5O. The maximum absolute atomic E-state index is 14.0. The second-order valence-corrected chi connectivity index (χ2v) is 10.2. The number of carbonyl (C=O) groups excluding carboxylic acids is 1. The van der Waals surface area contributed by atoms with Gasteiger partial charge in [-0.15, -0.1) is 0 Å². The minimum atomic E-state index is -0.293. The Hall–Kier alpha value is -3.51. The summed E-state index contributed by atoms with van der Waals surface area (Å²) in [5, 5.41) is 8.94. The van der Waals surface area contributed by atoms with Gasteiger partial charge in [0, 0.05) is 22.8 Å². The zero-order chi connectivity index (χ0) is 24.6. The average Bonchev–Trinajstić information content (AvgIpc) is 3.45. The molecule has 0 saturated heterocycles. The molecule has 1 N–H and O–H groups in total. The molecule has 3 heterocycles. The molecule has 0 spiro atoms. The lowest BCUT2D eigenvalue weighted by Crippen LogP contribution is -2.46. The summed E-state index contributed by atoms with van der Waals surface area (Å²) in [6.45, 7) is 2.48. The number of hydrogen-bond donors (Lipinski definition) is 1. The summed E-state index contributed by atoms with van der Waals surface area (Å²) in [6.07, 6.45) is 7.71. The fourth-order valence-corrected chi connectivity index (χ4v) is 5.88. The molecule has 36 heavy (non-hydrogen) atoms. The van der Waals surface area contributed by atoms with E-state index in [1.165, 1.54) is 19.3 Å². The molecule has 184 valence electrons. The number of aryl methyl sites for hydroxylation is 1. The Balaban J connectivity index is 1.51. The van der Waals surface area contributed by atoms with Crippen LogP contribution in [-0.4, -0.2) is 31.3 Å². The molecular weight excluding hydrogens is 470 g/mol. The van der Waals surface area contributed by atoms with Crippen LogP contribution >= 0.6 is 11.6 Å². The number of fused-ring (bicyclic) bond motifs is 3. The molecule has 0 bridgehead atoms. The van der Waals surface area contributed by atoms with E-state index in [1.54, 1.807) is 0 Å². The van der Waals surface area contributed by atoms with Crippen molar-refractivity contribution >= 4 is 17.6 Å². The highest BCUT2D eigenvalue weighted by Gasteiger charge is 2.36. The normalized spacial score (nSPS) is 17.8. The van der Waals surface area contributed by atoms with Crippen molar-refractivity contribution in [3.8, 4) is 11.5 Å². The third kappa shape index (κ3) is 4.09. The zero-order valence-corrected chi connectivity index (χ0v) is 21.2. The Kier molecular flexibility index (Phi) is 6.05. The Bertz CT molecular complexity index is 1390. The smallest absolute Gasteiger partial charge is 0.318 e. The standard InChI is InChI=1S/C29H30ClN5O/c1-20-25-19-34(29(36)31-23-12-4-2-5-13-23)27(21-10-8-11-22(30)18-21)26-16-9-17-33(26)28(25)35(32-20)24-14-6-3-7-15-24/h3,6-11,14-18,23,27H,2,4-5,12-13,19H2,1H3,(H,31,36). The molecule has 2 aromatic heterocycles. The number of nitrogens with zero attached hydrogens (tertiary/aromatic N) is 4. The van der Waals surface area contributed by atoms with Gasteiger partial charge in [0.1, 0.15) is 5.82 Å². The molecule has 4 aromatic rings. The lowest BCUT2D eigenvalue weighted by molar-refractivity contribution is 0.173. The van der Waals surface area contributed by atoms with Crippen molar-refractivity contribution in [3.63, 3.8) is 0 Å². The summed E-state index contributed by atoms with van der Waals surface area (Å²) < 4.78 is 4.17. The van der Waals surface area contributed by atoms with Crippen LogP contribution in [0, 0.1) is 6.92 Å². The van der Waals surface area contributed by atoms with Crippen molar-refractivity contribution in [2.75, 3.05) is 0 Å². The van der Waals surface area contributed by atoms with Gasteiger partial charge in [0.05, 0.1) is 29.7 Å². The topological polar surface area (TPSA) is 55.1 Å². The second kappa shape index (κ2) is 9.51. The van der Waals surface area contributed by atoms with Gasteiger partial charge in [-0.25, -0.2) is 9.48 Å². The van der Waals surface area contributed by atoms with Crippen molar-refractivity contribution < 1.29 is 4.79 Å². The SMILES string of the molecule is Cc1nn(-c2ccccc2)c2c1CN(C(=O)NC1CCCCC1)C(c1cccc(Cl)c1)c1cccn1-2. The number of urea groups is 1. The number of hydrogen-bond acceptors (Lipinski definition) is 2. The maximum Gasteiger partial charge on any atom is 0.318 e. The monoisotopic (exact) mass is 499 g/mol. The Morgan fingerprint density at radius 1 is 1.00 bits per heavy atom. The summed E-state index contributed by atoms with van der Waals surface area (Å²) in [5.41, 5.74) is 4.94. The fraction of sp³-hybridized carbons (Fsp3) is 0.310. The molecule has 2 aliphatic rings. The Morgan fingerprint density at radius 3 is 2.58 bits per heavy atom. The zero-order valence-electron chi connectivity index (χ0n) is 20.4. The van der Waals surface area contributed by atoms with E-state index in [2.05, 4.69) is 40.3 Å². The van der Waals surface area contributed by atoms with Crippen molar-refractivity contribution in [3.05, 3.63) is 100 Å². The van der Waals surface area contributed by atoms with Gasteiger partial charge < -0.3 is 14.8 Å². The quantitative estimate of drug-likeness (QED) is 0.346. The summed E-state index contributed by atoms with van der Waals surface area (Å²) >= 11 is 6.45. The number of para-hydroxylation sites is 1. The van der Waals surface area contributed by atoms with Crippen LogP contribution in [-0.2, 0) is 6.54 Å². The van der Waals surface area contributed by atoms with Gasteiger partial charge >= 0.3 is 6.03 Å². The molecule has 1 unspecified atom stereocenters. The fourth-order valence-electron chi connectivity index (χ4n) is 5.68. The van der Waals surface area contributed by atoms with Gasteiger partial charge in [-0.1, -0.05) is 61.2 Å². The molecule has 1 atom stereocenters. The summed E-state index contributed by atoms with van der Waals surface area (Å²) in [5.74, 6) is 0.971. The average molecular weight is 500 g/mol. The van der Waals surface area contributed by atoms with Gasteiger partial charge in [0.25, 0.3) is 0 Å². The third-order valence-electron chi connectivity index (χ3n) is 7.44. The van der Waals surface area contributed by atoms with Crippen LogP contribution in [0.4, 0.5) is 4.79 Å². The number of halogens is 1. The highest BCUT2D eigenvalue weighted by atomic mass is 35.5. The van der Waals surface area contributed by atoms with Gasteiger partial charge in [-0.3, -0.25) is 0 Å². The van der Waals surface area contributed by atoms with Crippen LogP contribution in [0.3, 0.4) is 0 Å². The van der Waals surface area contributed by atoms with Crippen molar-refractivity contribution in [2.45, 2.75) is 57.7 Å². The molecule has 1 aliphatic carbocycles. The first-order chi connectivity index (χ1) is 17.6. The number of aromatic nitrogens is 3. The first-order valence-corrected chi connectivity index (χ1v) is 13.1. The second-order valence-electron chi connectivity index (χ2n) is 9.81. The van der Waals surface area contributed by atoms with E-state index in [-0.39, 0.29) is 18.1 Å². The predicted molar refractivity (Wildman–Crippen MR) is 142 cm³/mol. The maximum atomic E-state index is 14.0. The van der Waals surface area contributed by atoms with Crippen molar-refractivity contribution in [2.24, 2.45) is 0 Å². The van der Waals surface area contributed by atoms with Crippen LogP contribution in [0.15, 0.2) is 72.9 Å². The lowest BCUT2D eigenvalue weighted by atomic mass is 9.95. The molecule has 1 saturated carbocycles. The molecule has 0 radical (unpaired) electrons. The first kappa shape index (κ1) is 22.9. The number of rotatable bonds is 3. The highest BCUT2D eigenvalue weighted by molar-refractivity contribution is 6.30. The molecule has 1 fully saturated rings. The Morgan fingerprint density at radius 2 is 1.81 bits per heavy atom. The van der Waals surface area contributed by atoms with Gasteiger partial charge in [0.15, 0.2) is 0 Å². The van der Waals surface area contributed by atoms with E-state index in [9.17, 15) is 4.79 Å². The van der Waals surface area contributed by atoms with Crippen LogP contribution in [0.1, 0.15) is 60.7 Å². The van der Waals surface area contributed by atoms with Crippen LogP contribution in [0.25, 0.3) is 11.5 Å². The van der Waals surface area contributed by atoms with E-state index in [0.717, 1.165) is 46.9 Å².